The van der Waals surface area contributed by atoms with Gasteiger partial charge in [-0.15, -0.1) is 0 Å². The van der Waals surface area contributed by atoms with Gasteiger partial charge in [-0.3, -0.25) is 4.79 Å². The third-order valence-corrected chi connectivity index (χ3v) is 2.65. The average Bonchev–Trinajstić information content (AvgIpc) is 2.18. The van der Waals surface area contributed by atoms with Gasteiger partial charge in [0.1, 0.15) is 5.78 Å². The van der Waals surface area contributed by atoms with Crippen molar-refractivity contribution in [1.29, 1.82) is 0 Å². The molecule has 1 aliphatic carbocycles. The van der Waals surface area contributed by atoms with E-state index in [1.807, 2.05) is 0 Å². The molecule has 0 amide bonds. The predicted octanol–water partition coefficient (Wildman–Crippen LogP) is 1.86. The average molecular weight is 196 g/mol. The minimum Gasteiger partial charge on any atom is -0.466 e. The Hall–Kier alpha value is -1.12. The number of ketones is 1. The molecule has 1 rings (SSSR count). The SMILES string of the molecule is COC(=O)C=C1CCCCC1C(C)=O. The summed E-state index contributed by atoms with van der Waals surface area (Å²) < 4.78 is 4.55. The van der Waals surface area contributed by atoms with Crippen molar-refractivity contribution in [1.82, 2.24) is 0 Å². The number of Topliss-reactive ketones (excluding diaryl/α,β-unsaturated/α-hetero) is 1. The molecule has 0 saturated heterocycles. The summed E-state index contributed by atoms with van der Waals surface area (Å²) in [6, 6.07) is 0. The minimum absolute atomic E-state index is 0.0529. The van der Waals surface area contributed by atoms with Gasteiger partial charge in [0.2, 0.25) is 0 Å². The van der Waals surface area contributed by atoms with Gasteiger partial charge in [-0.05, 0) is 26.2 Å². The fraction of sp³-hybridized carbons (Fsp3) is 0.636. The molecule has 0 aliphatic heterocycles. The van der Waals surface area contributed by atoms with E-state index in [9.17, 15) is 9.59 Å². The third-order valence-electron chi connectivity index (χ3n) is 2.65. The van der Waals surface area contributed by atoms with Crippen LogP contribution >= 0.6 is 0 Å². The zero-order valence-corrected chi connectivity index (χ0v) is 8.71. The van der Waals surface area contributed by atoms with Crippen molar-refractivity contribution in [2.45, 2.75) is 32.6 Å². The third kappa shape index (κ3) is 2.69. The van der Waals surface area contributed by atoms with Crippen molar-refractivity contribution in [3.05, 3.63) is 11.6 Å². The van der Waals surface area contributed by atoms with Crippen LogP contribution < -0.4 is 0 Å². The largest absolute Gasteiger partial charge is 0.466 e. The summed E-state index contributed by atoms with van der Waals surface area (Å²) in [7, 11) is 1.35. The number of hydrogen-bond acceptors (Lipinski definition) is 3. The van der Waals surface area contributed by atoms with Crippen LogP contribution in [0, 0.1) is 5.92 Å². The first-order valence-corrected chi connectivity index (χ1v) is 4.94. The molecule has 0 aromatic rings. The molecule has 1 atom stereocenters. The Kier molecular flexibility index (Phi) is 3.86. The normalized spacial score (nSPS) is 24.7. The van der Waals surface area contributed by atoms with Crippen molar-refractivity contribution in [2.75, 3.05) is 7.11 Å². The summed E-state index contributed by atoms with van der Waals surface area (Å²) in [6.45, 7) is 1.58. The summed E-state index contributed by atoms with van der Waals surface area (Å²) in [4.78, 5) is 22.3. The van der Waals surface area contributed by atoms with Gasteiger partial charge < -0.3 is 4.74 Å². The lowest BCUT2D eigenvalue weighted by atomic mass is 9.82. The molecule has 0 bridgehead atoms. The van der Waals surface area contributed by atoms with E-state index in [1.54, 1.807) is 6.92 Å². The number of esters is 1. The van der Waals surface area contributed by atoms with Crippen LogP contribution in [0.3, 0.4) is 0 Å². The van der Waals surface area contributed by atoms with Crippen molar-refractivity contribution < 1.29 is 14.3 Å². The van der Waals surface area contributed by atoms with Crippen LogP contribution in [0.4, 0.5) is 0 Å². The second-order valence-electron chi connectivity index (χ2n) is 3.65. The highest BCUT2D eigenvalue weighted by Crippen LogP contribution is 2.29. The summed E-state index contributed by atoms with van der Waals surface area (Å²) in [5.41, 5.74) is 0.940. The molecule has 1 aliphatic rings. The van der Waals surface area contributed by atoms with Crippen molar-refractivity contribution in [2.24, 2.45) is 5.92 Å². The lowest BCUT2D eigenvalue weighted by Gasteiger charge is -2.22. The van der Waals surface area contributed by atoms with E-state index in [-0.39, 0.29) is 17.7 Å². The van der Waals surface area contributed by atoms with Gasteiger partial charge in [0, 0.05) is 12.0 Å². The molecule has 3 nitrogen and oxygen atoms in total. The molecule has 0 heterocycles. The Bertz CT molecular complexity index is 266. The second kappa shape index (κ2) is 4.94. The molecule has 0 spiro atoms. The monoisotopic (exact) mass is 196 g/mol. The highest BCUT2D eigenvalue weighted by molar-refractivity contribution is 5.87. The van der Waals surface area contributed by atoms with Gasteiger partial charge >= 0.3 is 5.97 Å². The molecule has 14 heavy (non-hydrogen) atoms. The Morgan fingerprint density at radius 2 is 2.14 bits per heavy atom. The van der Waals surface area contributed by atoms with E-state index in [0.29, 0.717) is 0 Å². The summed E-state index contributed by atoms with van der Waals surface area (Å²) in [5, 5.41) is 0. The second-order valence-corrected chi connectivity index (χ2v) is 3.65. The molecule has 0 N–H and O–H groups in total. The Labute approximate surface area is 84.1 Å². The van der Waals surface area contributed by atoms with Crippen LogP contribution in [-0.2, 0) is 14.3 Å². The van der Waals surface area contributed by atoms with Gasteiger partial charge in [0.25, 0.3) is 0 Å². The highest BCUT2D eigenvalue weighted by Gasteiger charge is 2.23. The van der Waals surface area contributed by atoms with Crippen molar-refractivity contribution in [3.63, 3.8) is 0 Å². The molecule has 1 unspecified atom stereocenters. The Morgan fingerprint density at radius 3 is 2.71 bits per heavy atom. The zero-order chi connectivity index (χ0) is 10.6. The molecule has 0 aromatic carbocycles. The van der Waals surface area contributed by atoms with Crippen LogP contribution in [0.25, 0.3) is 0 Å². The van der Waals surface area contributed by atoms with Gasteiger partial charge in [-0.1, -0.05) is 12.0 Å². The first-order valence-electron chi connectivity index (χ1n) is 4.94. The lowest BCUT2D eigenvalue weighted by molar-refractivity contribution is -0.134. The molecule has 1 saturated carbocycles. The maximum Gasteiger partial charge on any atom is 0.330 e. The number of rotatable bonds is 2. The van der Waals surface area contributed by atoms with E-state index < -0.39 is 0 Å². The maximum absolute atomic E-state index is 11.3. The first-order chi connectivity index (χ1) is 6.65. The van der Waals surface area contributed by atoms with Crippen LogP contribution in [0.15, 0.2) is 11.6 Å². The molecule has 0 radical (unpaired) electrons. The zero-order valence-electron chi connectivity index (χ0n) is 8.71. The predicted molar refractivity (Wildman–Crippen MR) is 52.7 cm³/mol. The van der Waals surface area contributed by atoms with Crippen LogP contribution in [-0.4, -0.2) is 18.9 Å². The topological polar surface area (TPSA) is 43.4 Å². The molecular weight excluding hydrogens is 180 g/mol. The molecular formula is C11H16O3. The first kappa shape index (κ1) is 11.0. The maximum atomic E-state index is 11.3. The van der Waals surface area contributed by atoms with Crippen LogP contribution in [0.5, 0.6) is 0 Å². The number of methoxy groups -OCH3 is 1. The molecule has 78 valence electrons. The summed E-state index contributed by atoms with van der Waals surface area (Å²) in [5.74, 6) is -0.254. The Morgan fingerprint density at radius 1 is 1.43 bits per heavy atom. The van der Waals surface area contributed by atoms with Gasteiger partial charge in [-0.25, -0.2) is 4.79 Å². The molecule has 3 heteroatoms. The highest BCUT2D eigenvalue weighted by atomic mass is 16.5. The van der Waals surface area contributed by atoms with Gasteiger partial charge in [0.05, 0.1) is 7.11 Å². The standard InChI is InChI=1S/C11H16O3/c1-8(12)10-6-4-3-5-9(10)7-11(13)14-2/h7,10H,3-6H2,1-2H3. The molecule has 1 fully saturated rings. The van der Waals surface area contributed by atoms with E-state index in [2.05, 4.69) is 4.74 Å². The number of ether oxygens (including phenoxy) is 1. The quantitative estimate of drug-likeness (QED) is 0.500. The smallest absolute Gasteiger partial charge is 0.330 e. The number of carbonyl (C=O) groups excluding carboxylic acids is 2. The summed E-state index contributed by atoms with van der Waals surface area (Å²) in [6.07, 6.45) is 5.33. The van der Waals surface area contributed by atoms with Crippen molar-refractivity contribution >= 4 is 11.8 Å². The van der Waals surface area contributed by atoms with Gasteiger partial charge in [-0.2, -0.15) is 0 Å². The number of hydrogen-bond donors (Lipinski definition) is 0. The fourth-order valence-corrected chi connectivity index (χ4v) is 1.88. The van der Waals surface area contributed by atoms with E-state index in [4.69, 9.17) is 0 Å². The number of carbonyl (C=O) groups is 2. The Balaban J connectivity index is 2.77. The van der Waals surface area contributed by atoms with Crippen LogP contribution in [0.2, 0.25) is 0 Å². The molecule has 0 aromatic heterocycles. The fourth-order valence-electron chi connectivity index (χ4n) is 1.88. The number of allylic oxidation sites excluding steroid dienone is 1. The van der Waals surface area contributed by atoms with Gasteiger partial charge in [0.15, 0.2) is 0 Å². The van der Waals surface area contributed by atoms with E-state index in [1.165, 1.54) is 13.2 Å². The van der Waals surface area contributed by atoms with Crippen molar-refractivity contribution in [3.8, 4) is 0 Å². The summed E-state index contributed by atoms with van der Waals surface area (Å²) >= 11 is 0. The van der Waals surface area contributed by atoms with Crippen LogP contribution in [0.1, 0.15) is 32.6 Å². The lowest BCUT2D eigenvalue weighted by Crippen LogP contribution is -2.18. The van der Waals surface area contributed by atoms with E-state index >= 15 is 0 Å². The van der Waals surface area contributed by atoms with E-state index in [0.717, 1.165) is 31.3 Å². The minimum atomic E-state index is -0.354.